The van der Waals surface area contributed by atoms with Gasteiger partial charge < -0.3 is 10.2 Å². The van der Waals surface area contributed by atoms with Gasteiger partial charge in [-0.1, -0.05) is 26.8 Å². The number of rotatable bonds is 7. The highest BCUT2D eigenvalue weighted by atomic mass is 15.3. The maximum Gasteiger partial charge on any atom is 0.128 e. The lowest BCUT2D eigenvalue weighted by Gasteiger charge is -2.39. The maximum atomic E-state index is 4.46. The van der Waals surface area contributed by atoms with Crippen LogP contribution in [0.5, 0.6) is 0 Å². The van der Waals surface area contributed by atoms with Gasteiger partial charge in [-0.25, -0.2) is 4.98 Å². The number of piperazine rings is 1. The Kier molecular flexibility index (Phi) is 6.46. The standard InChI is InChI=1S/C17H30N4/c1-4-16(14-18-13-15(2)3)20-9-11-21(12-10-20)17-7-5-6-8-19-17/h5-8,15-16,18H,4,9-14H2,1-3H3. The molecular weight excluding hydrogens is 260 g/mol. The molecule has 21 heavy (non-hydrogen) atoms. The monoisotopic (exact) mass is 290 g/mol. The van der Waals surface area contributed by atoms with Gasteiger partial charge in [0.25, 0.3) is 0 Å². The van der Waals surface area contributed by atoms with Crippen LogP contribution in [0.4, 0.5) is 5.82 Å². The van der Waals surface area contributed by atoms with Crippen molar-refractivity contribution in [2.75, 3.05) is 44.2 Å². The van der Waals surface area contributed by atoms with E-state index in [0.717, 1.165) is 51.0 Å². The average Bonchev–Trinajstić information content (AvgIpc) is 2.52. The van der Waals surface area contributed by atoms with Gasteiger partial charge in [0.05, 0.1) is 0 Å². The fourth-order valence-corrected chi connectivity index (χ4v) is 2.93. The van der Waals surface area contributed by atoms with Gasteiger partial charge >= 0.3 is 0 Å². The molecule has 0 bridgehead atoms. The summed E-state index contributed by atoms with van der Waals surface area (Å²) in [4.78, 5) is 9.48. The molecule has 0 amide bonds. The normalized spacial score (nSPS) is 18.2. The summed E-state index contributed by atoms with van der Waals surface area (Å²) in [5.74, 6) is 1.84. The van der Waals surface area contributed by atoms with Gasteiger partial charge in [0.2, 0.25) is 0 Å². The summed E-state index contributed by atoms with van der Waals surface area (Å²) in [6.45, 7) is 13.5. The van der Waals surface area contributed by atoms with Crippen LogP contribution in [0.25, 0.3) is 0 Å². The van der Waals surface area contributed by atoms with E-state index in [2.05, 4.69) is 53.0 Å². The van der Waals surface area contributed by atoms with E-state index in [4.69, 9.17) is 0 Å². The molecule has 0 radical (unpaired) electrons. The number of aromatic nitrogens is 1. The summed E-state index contributed by atoms with van der Waals surface area (Å²) < 4.78 is 0. The van der Waals surface area contributed by atoms with Gasteiger partial charge in [-0.15, -0.1) is 0 Å². The minimum absolute atomic E-state index is 0.662. The smallest absolute Gasteiger partial charge is 0.128 e. The SMILES string of the molecule is CCC(CNCC(C)C)N1CCN(c2ccccn2)CC1. The highest BCUT2D eigenvalue weighted by Gasteiger charge is 2.23. The maximum absolute atomic E-state index is 4.46. The second-order valence-corrected chi connectivity index (χ2v) is 6.33. The summed E-state index contributed by atoms with van der Waals surface area (Å²) in [5.41, 5.74) is 0. The molecule has 0 aromatic carbocycles. The summed E-state index contributed by atoms with van der Waals surface area (Å²) in [6.07, 6.45) is 3.10. The Morgan fingerprint density at radius 1 is 1.14 bits per heavy atom. The van der Waals surface area contributed by atoms with Crippen LogP contribution in [-0.4, -0.2) is 55.2 Å². The largest absolute Gasteiger partial charge is 0.354 e. The van der Waals surface area contributed by atoms with Crippen molar-refractivity contribution in [2.24, 2.45) is 5.92 Å². The lowest BCUT2D eigenvalue weighted by atomic mass is 10.1. The third-order valence-electron chi connectivity index (χ3n) is 4.21. The molecule has 0 saturated carbocycles. The van der Waals surface area contributed by atoms with Gasteiger partial charge in [0.1, 0.15) is 5.82 Å². The van der Waals surface area contributed by atoms with Gasteiger partial charge in [0, 0.05) is 45.0 Å². The summed E-state index contributed by atoms with van der Waals surface area (Å²) in [7, 11) is 0. The van der Waals surface area contributed by atoms with Crippen molar-refractivity contribution in [1.82, 2.24) is 15.2 Å². The number of hydrogen-bond acceptors (Lipinski definition) is 4. The fraction of sp³-hybridized carbons (Fsp3) is 0.706. The summed E-state index contributed by atoms with van der Waals surface area (Å²) in [5, 5.41) is 3.61. The first kappa shape index (κ1) is 16.2. The lowest BCUT2D eigenvalue weighted by Crippen LogP contribution is -2.53. The van der Waals surface area contributed by atoms with Crippen molar-refractivity contribution in [2.45, 2.75) is 33.2 Å². The Morgan fingerprint density at radius 3 is 2.48 bits per heavy atom. The zero-order chi connectivity index (χ0) is 15.1. The first-order chi connectivity index (χ1) is 10.2. The van der Waals surface area contributed by atoms with Crippen molar-refractivity contribution in [1.29, 1.82) is 0 Å². The third kappa shape index (κ3) is 4.97. The molecular formula is C17H30N4. The van der Waals surface area contributed by atoms with E-state index < -0.39 is 0 Å². The van der Waals surface area contributed by atoms with Gasteiger partial charge in [-0.05, 0) is 31.0 Å². The van der Waals surface area contributed by atoms with E-state index in [1.165, 1.54) is 6.42 Å². The molecule has 0 spiro atoms. The number of anilines is 1. The molecule has 0 aliphatic carbocycles. The van der Waals surface area contributed by atoms with E-state index in [0.29, 0.717) is 6.04 Å². The minimum atomic E-state index is 0.662. The molecule has 1 aromatic heterocycles. The molecule has 1 unspecified atom stereocenters. The van der Waals surface area contributed by atoms with Crippen molar-refractivity contribution < 1.29 is 0 Å². The van der Waals surface area contributed by atoms with Crippen LogP contribution in [0.3, 0.4) is 0 Å². The van der Waals surface area contributed by atoms with Crippen LogP contribution in [0.1, 0.15) is 27.2 Å². The van der Waals surface area contributed by atoms with E-state index in [1.807, 2.05) is 12.3 Å². The molecule has 2 rings (SSSR count). The summed E-state index contributed by atoms with van der Waals surface area (Å²) >= 11 is 0. The van der Waals surface area contributed by atoms with Crippen LogP contribution >= 0.6 is 0 Å². The van der Waals surface area contributed by atoms with Gasteiger partial charge in [-0.3, -0.25) is 4.90 Å². The van der Waals surface area contributed by atoms with E-state index in [-0.39, 0.29) is 0 Å². The Labute approximate surface area is 129 Å². The van der Waals surface area contributed by atoms with E-state index in [9.17, 15) is 0 Å². The first-order valence-electron chi connectivity index (χ1n) is 8.31. The van der Waals surface area contributed by atoms with Crippen LogP contribution < -0.4 is 10.2 Å². The van der Waals surface area contributed by atoms with Crippen LogP contribution in [0, 0.1) is 5.92 Å². The zero-order valence-corrected chi connectivity index (χ0v) is 13.8. The van der Waals surface area contributed by atoms with Crippen molar-refractivity contribution in [3.8, 4) is 0 Å². The Morgan fingerprint density at radius 2 is 1.90 bits per heavy atom. The second kappa shape index (κ2) is 8.35. The van der Waals surface area contributed by atoms with Crippen LogP contribution in [0.2, 0.25) is 0 Å². The quantitative estimate of drug-likeness (QED) is 0.834. The molecule has 1 aliphatic heterocycles. The topological polar surface area (TPSA) is 31.4 Å². The molecule has 118 valence electrons. The van der Waals surface area contributed by atoms with E-state index in [1.54, 1.807) is 0 Å². The highest BCUT2D eigenvalue weighted by molar-refractivity contribution is 5.38. The number of hydrogen-bond donors (Lipinski definition) is 1. The summed E-state index contributed by atoms with van der Waals surface area (Å²) in [6, 6.07) is 6.82. The predicted octanol–water partition coefficient (Wildman–Crippen LogP) is 2.23. The number of nitrogens with zero attached hydrogens (tertiary/aromatic N) is 3. The predicted molar refractivity (Wildman–Crippen MR) is 89.8 cm³/mol. The van der Waals surface area contributed by atoms with Crippen LogP contribution in [0.15, 0.2) is 24.4 Å². The average molecular weight is 290 g/mol. The molecule has 4 nitrogen and oxygen atoms in total. The Bertz CT molecular complexity index is 385. The molecule has 1 atom stereocenters. The molecule has 1 N–H and O–H groups in total. The number of pyridine rings is 1. The zero-order valence-electron chi connectivity index (χ0n) is 13.8. The molecule has 1 fully saturated rings. The minimum Gasteiger partial charge on any atom is -0.354 e. The molecule has 1 aliphatic rings. The second-order valence-electron chi connectivity index (χ2n) is 6.33. The van der Waals surface area contributed by atoms with Crippen molar-refractivity contribution in [3.05, 3.63) is 24.4 Å². The molecule has 1 aromatic rings. The Hall–Kier alpha value is -1.13. The first-order valence-corrected chi connectivity index (χ1v) is 8.31. The van der Waals surface area contributed by atoms with Gasteiger partial charge in [-0.2, -0.15) is 0 Å². The van der Waals surface area contributed by atoms with Crippen LogP contribution in [-0.2, 0) is 0 Å². The van der Waals surface area contributed by atoms with E-state index >= 15 is 0 Å². The van der Waals surface area contributed by atoms with Crippen molar-refractivity contribution in [3.63, 3.8) is 0 Å². The lowest BCUT2D eigenvalue weighted by molar-refractivity contribution is 0.175. The molecule has 2 heterocycles. The molecule has 4 heteroatoms. The third-order valence-corrected chi connectivity index (χ3v) is 4.21. The number of nitrogens with one attached hydrogen (secondary N) is 1. The highest BCUT2D eigenvalue weighted by Crippen LogP contribution is 2.15. The molecule has 1 saturated heterocycles. The fourth-order valence-electron chi connectivity index (χ4n) is 2.93. The Balaban J connectivity index is 1.79. The van der Waals surface area contributed by atoms with Gasteiger partial charge in [0.15, 0.2) is 0 Å². The van der Waals surface area contributed by atoms with Crippen molar-refractivity contribution >= 4 is 5.82 Å².